The third-order valence-corrected chi connectivity index (χ3v) is 6.56. The third kappa shape index (κ3) is 3.50. The zero-order valence-corrected chi connectivity index (χ0v) is 16.1. The topological polar surface area (TPSA) is 55.3 Å². The molecule has 1 aliphatic heterocycles. The first-order valence-electron chi connectivity index (χ1n) is 8.55. The van der Waals surface area contributed by atoms with Gasteiger partial charge in [0, 0.05) is 24.6 Å². The van der Waals surface area contributed by atoms with Crippen LogP contribution in [0.4, 0.5) is 0 Å². The van der Waals surface area contributed by atoms with E-state index >= 15 is 0 Å². The van der Waals surface area contributed by atoms with Gasteiger partial charge in [-0.25, -0.2) is 0 Å². The summed E-state index contributed by atoms with van der Waals surface area (Å²) in [6.45, 7) is 1.53. The Morgan fingerprint density at radius 1 is 1.23 bits per heavy atom. The Morgan fingerprint density at radius 2 is 2.08 bits per heavy atom. The Labute approximate surface area is 160 Å². The molecule has 0 bridgehead atoms. The monoisotopic (exact) mass is 385 g/mol. The Morgan fingerprint density at radius 3 is 2.81 bits per heavy atom. The van der Waals surface area contributed by atoms with Crippen molar-refractivity contribution in [3.8, 4) is 16.3 Å². The van der Waals surface area contributed by atoms with E-state index in [2.05, 4.69) is 10.2 Å². The Balaban J connectivity index is 1.49. The van der Waals surface area contributed by atoms with Gasteiger partial charge in [-0.1, -0.05) is 17.4 Å². The van der Waals surface area contributed by atoms with Crippen molar-refractivity contribution in [3.63, 3.8) is 0 Å². The van der Waals surface area contributed by atoms with Gasteiger partial charge in [0.15, 0.2) is 0 Å². The molecule has 4 rings (SSSR count). The van der Waals surface area contributed by atoms with E-state index in [0.29, 0.717) is 6.54 Å². The van der Waals surface area contributed by atoms with Crippen molar-refractivity contribution in [1.82, 2.24) is 15.1 Å². The molecule has 0 aliphatic carbocycles. The molecule has 0 saturated carbocycles. The molecule has 1 fully saturated rings. The molecular weight excluding hydrogens is 366 g/mol. The Hall–Kier alpha value is -2.25. The second kappa shape index (κ2) is 7.55. The fraction of sp³-hybridized carbons (Fsp3) is 0.316. The number of ether oxygens (including phenoxy) is 1. The molecule has 1 amide bonds. The first kappa shape index (κ1) is 17.2. The largest absolute Gasteiger partial charge is 0.497 e. The number of likely N-dealkylation sites (tertiary alicyclic amines) is 1. The summed E-state index contributed by atoms with van der Waals surface area (Å²) in [7, 11) is 1.66. The van der Waals surface area contributed by atoms with E-state index < -0.39 is 0 Å². The molecule has 2 aromatic heterocycles. The molecule has 1 saturated heterocycles. The van der Waals surface area contributed by atoms with Gasteiger partial charge in [0.1, 0.15) is 15.8 Å². The van der Waals surface area contributed by atoms with E-state index in [4.69, 9.17) is 4.74 Å². The standard InChI is InChI=1S/C19H19N3O2S2/c1-24-15-8-6-13(7-9-15)17-20-21-18(26-17)14-4-2-10-22(12-14)19(23)16-5-3-11-25-16/h3,5-9,11,14H,2,4,10,12H2,1H3/t14-/m1/s1. The van der Waals surface area contributed by atoms with Crippen LogP contribution < -0.4 is 4.74 Å². The maximum atomic E-state index is 12.6. The minimum absolute atomic E-state index is 0.129. The summed E-state index contributed by atoms with van der Waals surface area (Å²) in [6.07, 6.45) is 2.05. The number of carbonyl (C=O) groups excluding carboxylic acids is 1. The van der Waals surface area contributed by atoms with Gasteiger partial charge in [0.25, 0.3) is 5.91 Å². The molecule has 26 heavy (non-hydrogen) atoms. The van der Waals surface area contributed by atoms with Gasteiger partial charge in [-0.15, -0.1) is 21.5 Å². The quantitative estimate of drug-likeness (QED) is 0.672. The molecule has 0 N–H and O–H groups in total. The first-order valence-corrected chi connectivity index (χ1v) is 10.2. The minimum atomic E-state index is 0.129. The predicted molar refractivity (Wildman–Crippen MR) is 104 cm³/mol. The van der Waals surface area contributed by atoms with Crippen molar-refractivity contribution < 1.29 is 9.53 Å². The van der Waals surface area contributed by atoms with Gasteiger partial charge in [0.2, 0.25) is 0 Å². The van der Waals surface area contributed by atoms with Gasteiger partial charge in [-0.05, 0) is 48.6 Å². The number of benzene rings is 1. The highest BCUT2D eigenvalue weighted by Gasteiger charge is 2.28. The molecule has 0 unspecified atom stereocenters. The third-order valence-electron chi connectivity index (χ3n) is 4.57. The number of rotatable bonds is 4. The lowest BCUT2D eigenvalue weighted by atomic mass is 9.98. The lowest BCUT2D eigenvalue weighted by Gasteiger charge is -2.31. The van der Waals surface area contributed by atoms with Crippen LogP contribution in [0.3, 0.4) is 0 Å². The molecule has 3 aromatic rings. The fourth-order valence-electron chi connectivity index (χ4n) is 3.17. The van der Waals surface area contributed by atoms with E-state index in [-0.39, 0.29) is 11.8 Å². The van der Waals surface area contributed by atoms with E-state index in [9.17, 15) is 4.79 Å². The molecule has 5 nitrogen and oxygen atoms in total. The number of aromatic nitrogens is 2. The van der Waals surface area contributed by atoms with Gasteiger partial charge < -0.3 is 9.64 Å². The van der Waals surface area contributed by atoms with Crippen LogP contribution in [0.15, 0.2) is 41.8 Å². The van der Waals surface area contributed by atoms with E-state index in [1.807, 2.05) is 46.7 Å². The number of piperidine rings is 1. The zero-order valence-electron chi connectivity index (χ0n) is 14.4. The summed E-state index contributed by atoms with van der Waals surface area (Å²) < 4.78 is 5.20. The van der Waals surface area contributed by atoms with Crippen LogP contribution in [0.1, 0.15) is 33.4 Å². The second-order valence-electron chi connectivity index (χ2n) is 6.24. The maximum absolute atomic E-state index is 12.6. The SMILES string of the molecule is COc1ccc(-c2nnc([C@@H]3CCCN(C(=O)c4cccs4)C3)s2)cc1. The number of hydrogen-bond acceptors (Lipinski definition) is 6. The predicted octanol–water partition coefficient (Wildman–Crippen LogP) is 4.30. The number of nitrogens with zero attached hydrogens (tertiary/aromatic N) is 3. The number of hydrogen-bond donors (Lipinski definition) is 0. The smallest absolute Gasteiger partial charge is 0.263 e. The van der Waals surface area contributed by atoms with Crippen LogP contribution in [-0.4, -0.2) is 41.2 Å². The van der Waals surface area contributed by atoms with Crippen molar-refractivity contribution >= 4 is 28.6 Å². The molecule has 1 aliphatic rings. The van der Waals surface area contributed by atoms with Crippen molar-refractivity contribution in [1.29, 1.82) is 0 Å². The summed E-state index contributed by atoms with van der Waals surface area (Å²) in [5, 5.41) is 12.6. The molecule has 1 atom stereocenters. The highest BCUT2D eigenvalue weighted by molar-refractivity contribution is 7.14. The zero-order chi connectivity index (χ0) is 17.9. The van der Waals surface area contributed by atoms with Crippen LogP contribution in [-0.2, 0) is 0 Å². The summed E-state index contributed by atoms with van der Waals surface area (Å²) in [5.74, 6) is 1.22. The number of thiophene rings is 1. The summed E-state index contributed by atoms with van der Waals surface area (Å²) in [5.41, 5.74) is 1.04. The lowest BCUT2D eigenvalue weighted by Crippen LogP contribution is -2.38. The molecule has 134 valence electrons. The molecular formula is C19H19N3O2S2. The van der Waals surface area contributed by atoms with Crippen molar-refractivity contribution in [2.75, 3.05) is 20.2 Å². The molecule has 3 heterocycles. The maximum Gasteiger partial charge on any atom is 0.263 e. The lowest BCUT2D eigenvalue weighted by molar-refractivity contribution is 0.0712. The highest BCUT2D eigenvalue weighted by Crippen LogP contribution is 2.33. The normalized spacial score (nSPS) is 17.3. The van der Waals surface area contributed by atoms with E-state index in [1.54, 1.807) is 18.4 Å². The van der Waals surface area contributed by atoms with Crippen LogP contribution in [0.5, 0.6) is 5.75 Å². The van der Waals surface area contributed by atoms with Crippen molar-refractivity contribution in [3.05, 3.63) is 51.7 Å². The Kier molecular flexibility index (Phi) is 4.99. The average Bonchev–Trinajstić information content (AvgIpc) is 3.40. The first-order chi connectivity index (χ1) is 12.7. The number of carbonyl (C=O) groups is 1. The van der Waals surface area contributed by atoms with Crippen LogP contribution in [0.25, 0.3) is 10.6 Å². The van der Waals surface area contributed by atoms with E-state index in [0.717, 1.165) is 45.6 Å². The molecule has 0 spiro atoms. The van der Waals surface area contributed by atoms with Crippen LogP contribution in [0.2, 0.25) is 0 Å². The summed E-state index contributed by atoms with van der Waals surface area (Å²) in [4.78, 5) is 15.4. The Bertz CT molecular complexity index is 875. The number of amides is 1. The fourth-order valence-corrected chi connectivity index (χ4v) is 4.83. The number of methoxy groups -OCH3 is 1. The molecule has 1 aromatic carbocycles. The minimum Gasteiger partial charge on any atom is -0.497 e. The average molecular weight is 386 g/mol. The van der Waals surface area contributed by atoms with Gasteiger partial charge >= 0.3 is 0 Å². The van der Waals surface area contributed by atoms with Gasteiger partial charge in [0.05, 0.1) is 12.0 Å². The molecule has 7 heteroatoms. The van der Waals surface area contributed by atoms with Crippen molar-refractivity contribution in [2.24, 2.45) is 0 Å². The second-order valence-corrected chi connectivity index (χ2v) is 8.20. The van der Waals surface area contributed by atoms with Crippen LogP contribution in [0, 0.1) is 0 Å². The van der Waals surface area contributed by atoms with Gasteiger partial charge in [-0.2, -0.15) is 0 Å². The van der Waals surface area contributed by atoms with E-state index in [1.165, 1.54) is 11.3 Å². The summed E-state index contributed by atoms with van der Waals surface area (Å²) >= 11 is 3.12. The van der Waals surface area contributed by atoms with Gasteiger partial charge in [-0.3, -0.25) is 4.79 Å². The summed E-state index contributed by atoms with van der Waals surface area (Å²) in [6, 6.07) is 11.7. The highest BCUT2D eigenvalue weighted by atomic mass is 32.1. The molecule has 0 radical (unpaired) electrons. The van der Waals surface area contributed by atoms with Crippen LogP contribution >= 0.6 is 22.7 Å². The van der Waals surface area contributed by atoms with Crippen molar-refractivity contribution in [2.45, 2.75) is 18.8 Å².